The topological polar surface area (TPSA) is 95.7 Å². The lowest BCUT2D eigenvalue weighted by molar-refractivity contribution is -0.0108. The molecule has 2 atom stereocenters. The number of hydrogen-bond acceptors (Lipinski definition) is 6. The molecule has 0 radical (unpaired) electrons. The normalized spacial score (nSPS) is 21.7. The largest absolute Gasteiger partial charge is 0.451 e. The Morgan fingerprint density at radius 2 is 2.07 bits per heavy atom. The van der Waals surface area contributed by atoms with Crippen LogP contribution in [0.5, 0.6) is 0 Å². The SMILES string of the molecule is Cc1ccc(C(=O)N[C@]2(c3ccccc3)CCN(C(=O)c3cocn3)C[C@H]2O)s1. The average molecular weight is 411 g/mol. The van der Waals surface area contributed by atoms with Crippen LogP contribution in [0.25, 0.3) is 0 Å². The zero-order valence-electron chi connectivity index (χ0n) is 15.9. The number of benzene rings is 1. The van der Waals surface area contributed by atoms with Crippen molar-refractivity contribution in [2.24, 2.45) is 0 Å². The van der Waals surface area contributed by atoms with Gasteiger partial charge in [-0.3, -0.25) is 9.59 Å². The molecule has 1 aliphatic heterocycles. The van der Waals surface area contributed by atoms with E-state index >= 15 is 0 Å². The second kappa shape index (κ2) is 7.81. The number of aliphatic hydroxyl groups is 1. The number of nitrogens with one attached hydrogen (secondary N) is 1. The van der Waals surface area contributed by atoms with Gasteiger partial charge in [0.2, 0.25) is 0 Å². The van der Waals surface area contributed by atoms with Crippen LogP contribution < -0.4 is 5.32 Å². The van der Waals surface area contributed by atoms with Gasteiger partial charge in [-0.05, 0) is 31.0 Å². The van der Waals surface area contributed by atoms with Crippen LogP contribution in [0.3, 0.4) is 0 Å². The first-order valence-corrected chi connectivity index (χ1v) is 10.1. The van der Waals surface area contributed by atoms with Crippen LogP contribution in [0, 0.1) is 6.92 Å². The van der Waals surface area contributed by atoms with E-state index in [1.54, 1.807) is 6.07 Å². The summed E-state index contributed by atoms with van der Waals surface area (Å²) in [5.74, 6) is -0.540. The summed E-state index contributed by atoms with van der Waals surface area (Å²) in [6.07, 6.45) is 1.87. The maximum absolute atomic E-state index is 12.9. The summed E-state index contributed by atoms with van der Waals surface area (Å²) in [6, 6.07) is 13.1. The minimum atomic E-state index is -0.989. The minimum absolute atomic E-state index is 0.0737. The number of aryl methyl sites for hydroxylation is 1. The lowest BCUT2D eigenvalue weighted by atomic mass is 9.78. The number of aliphatic hydroxyl groups excluding tert-OH is 1. The van der Waals surface area contributed by atoms with Crippen molar-refractivity contribution in [2.45, 2.75) is 25.0 Å². The number of oxazole rings is 1. The molecule has 2 aromatic heterocycles. The fraction of sp³-hybridized carbons (Fsp3) is 0.286. The van der Waals surface area contributed by atoms with Crippen LogP contribution in [-0.2, 0) is 5.54 Å². The van der Waals surface area contributed by atoms with Crippen LogP contribution in [0.4, 0.5) is 0 Å². The maximum atomic E-state index is 12.9. The summed E-state index contributed by atoms with van der Waals surface area (Å²) in [7, 11) is 0. The lowest BCUT2D eigenvalue weighted by Gasteiger charge is -2.46. The zero-order chi connectivity index (χ0) is 20.4. The maximum Gasteiger partial charge on any atom is 0.275 e. The smallest absolute Gasteiger partial charge is 0.275 e. The molecule has 0 unspecified atom stereocenters. The van der Waals surface area contributed by atoms with Crippen LogP contribution in [0.2, 0.25) is 0 Å². The van der Waals surface area contributed by atoms with E-state index < -0.39 is 11.6 Å². The molecule has 7 nitrogen and oxygen atoms in total. The summed E-state index contributed by atoms with van der Waals surface area (Å²) < 4.78 is 4.89. The summed E-state index contributed by atoms with van der Waals surface area (Å²) >= 11 is 1.41. The Bertz CT molecular complexity index is 1000. The van der Waals surface area contributed by atoms with Gasteiger partial charge in [0, 0.05) is 18.0 Å². The number of likely N-dealkylation sites (tertiary alicyclic amines) is 1. The first kappa shape index (κ1) is 19.4. The van der Waals surface area contributed by atoms with Gasteiger partial charge in [0.15, 0.2) is 12.1 Å². The molecule has 29 heavy (non-hydrogen) atoms. The first-order valence-electron chi connectivity index (χ1n) is 9.29. The van der Waals surface area contributed by atoms with E-state index in [0.717, 1.165) is 10.4 Å². The van der Waals surface area contributed by atoms with Gasteiger partial charge in [0.25, 0.3) is 11.8 Å². The molecule has 150 valence electrons. The van der Waals surface area contributed by atoms with Gasteiger partial charge in [-0.25, -0.2) is 4.98 Å². The summed E-state index contributed by atoms with van der Waals surface area (Å²) in [4.78, 5) is 32.6. The molecule has 1 saturated heterocycles. The van der Waals surface area contributed by atoms with E-state index in [1.165, 1.54) is 28.9 Å². The molecule has 1 fully saturated rings. The highest BCUT2D eigenvalue weighted by Gasteiger charge is 2.46. The average Bonchev–Trinajstić information content (AvgIpc) is 3.41. The molecule has 3 heterocycles. The molecule has 0 saturated carbocycles. The van der Waals surface area contributed by atoms with E-state index in [4.69, 9.17) is 4.42 Å². The highest BCUT2D eigenvalue weighted by molar-refractivity contribution is 7.13. The molecule has 1 aliphatic rings. The second-order valence-corrected chi connectivity index (χ2v) is 8.38. The van der Waals surface area contributed by atoms with Crippen molar-refractivity contribution in [3.8, 4) is 0 Å². The third kappa shape index (κ3) is 3.68. The van der Waals surface area contributed by atoms with Crippen LogP contribution in [-0.4, -0.2) is 46.0 Å². The fourth-order valence-electron chi connectivity index (χ4n) is 3.71. The lowest BCUT2D eigenvalue weighted by Crippen LogP contribution is -2.62. The third-order valence-corrected chi connectivity index (χ3v) is 6.27. The summed E-state index contributed by atoms with van der Waals surface area (Å²) in [5.41, 5.74) is 0.0155. The molecule has 3 aromatic rings. The van der Waals surface area contributed by atoms with Gasteiger partial charge >= 0.3 is 0 Å². The number of hydrogen-bond donors (Lipinski definition) is 2. The fourth-order valence-corrected chi connectivity index (χ4v) is 4.47. The van der Waals surface area contributed by atoms with Gasteiger partial charge < -0.3 is 19.7 Å². The minimum Gasteiger partial charge on any atom is -0.451 e. The van der Waals surface area contributed by atoms with Crippen molar-refractivity contribution in [1.29, 1.82) is 0 Å². The zero-order valence-corrected chi connectivity index (χ0v) is 16.7. The Kier molecular flexibility index (Phi) is 5.21. The summed E-state index contributed by atoms with van der Waals surface area (Å²) in [5, 5.41) is 14.2. The molecule has 0 spiro atoms. The molecular formula is C21H21N3O4S. The Labute approximate surface area is 172 Å². The second-order valence-electron chi connectivity index (χ2n) is 7.09. The highest BCUT2D eigenvalue weighted by atomic mass is 32.1. The molecule has 0 bridgehead atoms. The van der Waals surface area contributed by atoms with Crippen molar-refractivity contribution in [2.75, 3.05) is 13.1 Å². The molecule has 2 N–H and O–H groups in total. The van der Waals surface area contributed by atoms with Crippen molar-refractivity contribution in [3.63, 3.8) is 0 Å². The number of carbonyl (C=O) groups excluding carboxylic acids is 2. The van der Waals surface area contributed by atoms with Gasteiger partial charge in [0.1, 0.15) is 6.26 Å². The number of aromatic nitrogens is 1. The quantitative estimate of drug-likeness (QED) is 0.688. The Hall–Kier alpha value is -2.97. The predicted molar refractivity (Wildman–Crippen MR) is 108 cm³/mol. The van der Waals surface area contributed by atoms with Crippen molar-refractivity contribution < 1.29 is 19.1 Å². The molecule has 0 aliphatic carbocycles. The van der Waals surface area contributed by atoms with E-state index in [0.29, 0.717) is 17.8 Å². The molecule has 1 aromatic carbocycles. The highest BCUT2D eigenvalue weighted by Crippen LogP contribution is 2.34. The van der Waals surface area contributed by atoms with Crippen molar-refractivity contribution in [3.05, 3.63) is 76.1 Å². The van der Waals surface area contributed by atoms with E-state index in [9.17, 15) is 14.7 Å². The first-order chi connectivity index (χ1) is 14.0. The van der Waals surface area contributed by atoms with Crippen LogP contribution >= 0.6 is 11.3 Å². The van der Waals surface area contributed by atoms with E-state index in [-0.39, 0.29) is 24.1 Å². The number of thiophene rings is 1. The number of β-amino-alcohol motifs (C(OH)–C–C–N with tert-alkyl or cyclic N) is 1. The number of piperidine rings is 1. The Morgan fingerprint density at radius 3 is 2.69 bits per heavy atom. The van der Waals surface area contributed by atoms with Crippen LogP contribution in [0.1, 0.15) is 37.0 Å². The van der Waals surface area contributed by atoms with E-state index in [2.05, 4.69) is 10.3 Å². The van der Waals surface area contributed by atoms with Crippen molar-refractivity contribution >= 4 is 23.2 Å². The van der Waals surface area contributed by atoms with E-state index in [1.807, 2.05) is 43.3 Å². The number of rotatable bonds is 4. The number of amides is 2. The predicted octanol–water partition coefficient (Wildman–Crippen LogP) is 2.58. The summed E-state index contributed by atoms with van der Waals surface area (Å²) in [6.45, 7) is 2.38. The van der Waals surface area contributed by atoms with Crippen LogP contribution in [0.15, 0.2) is 59.5 Å². The molecule has 2 amide bonds. The number of carbonyl (C=O) groups is 2. The monoisotopic (exact) mass is 411 g/mol. The molecular weight excluding hydrogens is 390 g/mol. The van der Waals surface area contributed by atoms with Crippen molar-refractivity contribution in [1.82, 2.24) is 15.2 Å². The van der Waals surface area contributed by atoms with Gasteiger partial charge in [-0.15, -0.1) is 11.3 Å². The molecule has 8 heteroatoms. The van der Waals surface area contributed by atoms with Gasteiger partial charge in [0.05, 0.1) is 16.5 Å². The molecule has 4 rings (SSSR count). The standard InChI is InChI=1S/C21H21N3O4S/c1-14-7-8-17(29-14)19(26)23-21(15-5-3-2-4-6-15)9-10-24(11-18(21)25)20(27)16-12-28-13-22-16/h2-8,12-13,18,25H,9-11H2,1H3,(H,23,26)/t18-,21+/m1/s1. The number of nitrogens with zero attached hydrogens (tertiary/aromatic N) is 2. The Morgan fingerprint density at radius 1 is 1.28 bits per heavy atom. The van der Waals surface area contributed by atoms with Gasteiger partial charge in [-0.1, -0.05) is 30.3 Å². The Balaban J connectivity index is 1.62. The third-order valence-electron chi connectivity index (χ3n) is 5.27. The van der Waals surface area contributed by atoms with Gasteiger partial charge in [-0.2, -0.15) is 0 Å².